The molecule has 11 heteroatoms. The van der Waals surface area contributed by atoms with Gasteiger partial charge in [0.05, 0.1) is 13.7 Å². The van der Waals surface area contributed by atoms with Crippen LogP contribution in [0.4, 0.5) is 4.79 Å². The summed E-state index contributed by atoms with van der Waals surface area (Å²) in [6.45, 7) is 13.7. The predicted octanol–water partition coefficient (Wildman–Crippen LogP) is 4.50. The van der Waals surface area contributed by atoms with Crippen LogP contribution in [0.25, 0.3) is 0 Å². The number of ether oxygens (including phenoxy) is 3. The van der Waals surface area contributed by atoms with Crippen LogP contribution >= 0.6 is 11.8 Å². The van der Waals surface area contributed by atoms with Crippen molar-refractivity contribution in [2.75, 3.05) is 13.7 Å². The molecule has 0 heterocycles. The number of benzene rings is 1. The zero-order chi connectivity index (χ0) is 28.9. The van der Waals surface area contributed by atoms with Crippen LogP contribution in [-0.2, 0) is 35.0 Å². The van der Waals surface area contributed by atoms with E-state index in [4.69, 9.17) is 14.2 Å². The third kappa shape index (κ3) is 13.7. The van der Waals surface area contributed by atoms with E-state index in [1.165, 1.54) is 25.1 Å². The number of thioether (sulfide) groups is 1. The highest BCUT2D eigenvalue weighted by Crippen LogP contribution is 2.23. The zero-order valence-electron chi connectivity index (χ0n) is 23.7. The fourth-order valence-electron chi connectivity index (χ4n) is 3.12. The highest BCUT2D eigenvalue weighted by Gasteiger charge is 2.35. The Labute approximate surface area is 231 Å². The number of methoxy groups -OCH3 is 1. The van der Waals surface area contributed by atoms with E-state index in [1.807, 2.05) is 30.3 Å². The maximum atomic E-state index is 12.9. The SMILES string of the molecule is COC(=O)[C@@H](C(=O)OCC[Si](C)(C)C)[C@H](C)S/C=C/NC(=O)[C@H](Cc1ccccc1)NC(=O)OC(C)(C)C. The van der Waals surface area contributed by atoms with Gasteiger partial charge >= 0.3 is 18.0 Å². The molecule has 2 N–H and O–H groups in total. The Morgan fingerprint density at radius 3 is 2.24 bits per heavy atom. The fraction of sp³-hybridized carbons (Fsp3) is 0.556. The molecule has 2 amide bonds. The van der Waals surface area contributed by atoms with Gasteiger partial charge in [-0.3, -0.25) is 14.4 Å². The summed E-state index contributed by atoms with van der Waals surface area (Å²) < 4.78 is 15.5. The minimum Gasteiger partial charge on any atom is -0.468 e. The summed E-state index contributed by atoms with van der Waals surface area (Å²) in [4.78, 5) is 50.1. The molecular weight excluding hydrogens is 524 g/mol. The Morgan fingerprint density at radius 2 is 1.68 bits per heavy atom. The molecule has 0 saturated carbocycles. The van der Waals surface area contributed by atoms with Crippen molar-refractivity contribution in [3.8, 4) is 0 Å². The van der Waals surface area contributed by atoms with E-state index in [0.29, 0.717) is 0 Å². The van der Waals surface area contributed by atoms with Gasteiger partial charge in [-0.15, -0.1) is 11.8 Å². The molecule has 1 rings (SSSR count). The molecule has 0 saturated heterocycles. The first-order chi connectivity index (χ1) is 17.6. The van der Waals surface area contributed by atoms with Crippen LogP contribution in [0.2, 0.25) is 25.7 Å². The zero-order valence-corrected chi connectivity index (χ0v) is 25.5. The topological polar surface area (TPSA) is 120 Å². The standard InChI is InChI=1S/C27H42N2O7SSi/c1-19(22(24(31)34-5)25(32)35-15-17-38(6,7)8)37-16-14-28-23(30)21(18-20-12-10-9-11-13-20)29-26(33)36-27(2,3)4/h9-14,16,19,21-22H,15,17-18H2,1-8H3,(H,28,30)(H,29,33)/b16-14+/t19-,21-,22-/m0/s1. The van der Waals surface area contributed by atoms with E-state index in [9.17, 15) is 19.2 Å². The number of amides is 2. The molecule has 0 radical (unpaired) electrons. The molecule has 0 aliphatic rings. The van der Waals surface area contributed by atoms with Crippen molar-refractivity contribution < 1.29 is 33.4 Å². The third-order valence-electron chi connectivity index (χ3n) is 5.15. The van der Waals surface area contributed by atoms with E-state index in [-0.39, 0.29) is 13.0 Å². The van der Waals surface area contributed by atoms with Crippen LogP contribution in [-0.4, -0.2) is 62.6 Å². The van der Waals surface area contributed by atoms with Gasteiger partial charge in [0.2, 0.25) is 5.91 Å². The number of carbonyl (C=O) groups excluding carboxylic acids is 4. The number of hydrogen-bond donors (Lipinski definition) is 2. The molecule has 38 heavy (non-hydrogen) atoms. The molecule has 212 valence electrons. The van der Waals surface area contributed by atoms with Crippen LogP contribution in [0.5, 0.6) is 0 Å². The van der Waals surface area contributed by atoms with Gasteiger partial charge in [0.15, 0.2) is 5.92 Å². The minimum atomic E-state index is -1.40. The number of rotatable bonds is 13. The van der Waals surface area contributed by atoms with Crippen molar-refractivity contribution in [1.29, 1.82) is 0 Å². The summed E-state index contributed by atoms with van der Waals surface area (Å²) in [5.41, 5.74) is 0.153. The maximum Gasteiger partial charge on any atom is 0.408 e. The summed E-state index contributed by atoms with van der Waals surface area (Å²) in [6.07, 6.45) is 0.967. The summed E-state index contributed by atoms with van der Waals surface area (Å²) in [5.74, 6) is -2.85. The molecule has 9 nitrogen and oxygen atoms in total. The lowest BCUT2D eigenvalue weighted by atomic mass is 10.1. The lowest BCUT2D eigenvalue weighted by molar-refractivity contribution is -0.160. The molecule has 0 bridgehead atoms. The van der Waals surface area contributed by atoms with Gasteiger partial charge in [0.25, 0.3) is 0 Å². The lowest BCUT2D eigenvalue weighted by Gasteiger charge is -2.23. The number of hydrogen-bond acceptors (Lipinski definition) is 8. The summed E-state index contributed by atoms with van der Waals surface area (Å²) in [5, 5.41) is 6.34. The molecule has 1 aromatic carbocycles. The van der Waals surface area contributed by atoms with E-state index in [2.05, 4.69) is 30.3 Å². The van der Waals surface area contributed by atoms with Gasteiger partial charge in [0.1, 0.15) is 11.6 Å². The molecule has 3 atom stereocenters. The first-order valence-electron chi connectivity index (χ1n) is 12.5. The van der Waals surface area contributed by atoms with Crippen LogP contribution in [0, 0.1) is 5.92 Å². The van der Waals surface area contributed by atoms with Crippen LogP contribution in [0.1, 0.15) is 33.3 Å². The van der Waals surface area contributed by atoms with E-state index in [1.54, 1.807) is 33.1 Å². The average molecular weight is 567 g/mol. The molecule has 0 aliphatic carbocycles. The molecular formula is C27H42N2O7SSi. The Balaban J connectivity index is 2.80. The molecule has 0 aromatic heterocycles. The number of esters is 2. The molecule has 0 unspecified atom stereocenters. The first kappa shape index (κ1) is 33.2. The highest BCUT2D eigenvalue weighted by molar-refractivity contribution is 8.02. The van der Waals surface area contributed by atoms with Crippen molar-refractivity contribution in [3.63, 3.8) is 0 Å². The van der Waals surface area contributed by atoms with Gasteiger partial charge in [-0.25, -0.2) is 4.79 Å². The second-order valence-corrected chi connectivity index (χ2v) is 17.9. The van der Waals surface area contributed by atoms with Gasteiger partial charge in [0, 0.05) is 25.9 Å². The second-order valence-electron chi connectivity index (χ2n) is 11.0. The smallest absolute Gasteiger partial charge is 0.408 e. The van der Waals surface area contributed by atoms with Gasteiger partial charge in [-0.1, -0.05) is 56.9 Å². The van der Waals surface area contributed by atoms with Crippen LogP contribution in [0.3, 0.4) is 0 Å². The quantitative estimate of drug-likeness (QED) is 0.155. The monoisotopic (exact) mass is 566 g/mol. The van der Waals surface area contributed by atoms with Crippen molar-refractivity contribution in [2.45, 2.75) is 76.7 Å². The Morgan fingerprint density at radius 1 is 1.05 bits per heavy atom. The third-order valence-corrected chi connectivity index (χ3v) is 7.85. The van der Waals surface area contributed by atoms with E-state index in [0.717, 1.165) is 11.6 Å². The van der Waals surface area contributed by atoms with Crippen LogP contribution in [0.15, 0.2) is 41.9 Å². The number of nitrogens with one attached hydrogen (secondary N) is 2. The van der Waals surface area contributed by atoms with Crippen molar-refractivity contribution in [2.24, 2.45) is 5.92 Å². The fourth-order valence-corrected chi connectivity index (χ4v) is 4.61. The summed E-state index contributed by atoms with van der Waals surface area (Å²) >= 11 is 1.17. The molecule has 0 spiro atoms. The minimum absolute atomic E-state index is 0.261. The maximum absolute atomic E-state index is 12.9. The summed E-state index contributed by atoms with van der Waals surface area (Å²) in [6, 6.07) is 9.20. The van der Waals surface area contributed by atoms with Gasteiger partial charge in [-0.2, -0.15) is 0 Å². The molecule has 0 fully saturated rings. The average Bonchev–Trinajstić information content (AvgIpc) is 2.79. The van der Waals surface area contributed by atoms with Crippen LogP contribution < -0.4 is 10.6 Å². The first-order valence-corrected chi connectivity index (χ1v) is 17.2. The van der Waals surface area contributed by atoms with Crippen molar-refractivity contribution >= 4 is 43.8 Å². The largest absolute Gasteiger partial charge is 0.468 e. The Bertz CT molecular complexity index is 958. The number of carbonyl (C=O) groups is 4. The Kier molecular flexibility index (Phi) is 13.6. The second kappa shape index (κ2) is 15.6. The Hall–Kier alpha value is -2.79. The van der Waals surface area contributed by atoms with Crippen molar-refractivity contribution in [1.82, 2.24) is 10.6 Å². The van der Waals surface area contributed by atoms with Crippen molar-refractivity contribution in [3.05, 3.63) is 47.5 Å². The molecule has 0 aliphatic heterocycles. The van der Waals surface area contributed by atoms with Gasteiger partial charge in [-0.05, 0) is 37.8 Å². The van der Waals surface area contributed by atoms with E-state index < -0.39 is 54.8 Å². The number of alkyl carbamates (subject to hydrolysis) is 1. The molecule has 1 aromatic rings. The lowest BCUT2D eigenvalue weighted by Crippen LogP contribution is -2.48. The highest BCUT2D eigenvalue weighted by atomic mass is 32.2. The van der Waals surface area contributed by atoms with E-state index >= 15 is 0 Å². The van der Waals surface area contributed by atoms with Gasteiger partial charge < -0.3 is 24.8 Å². The summed E-state index contributed by atoms with van der Waals surface area (Å²) in [7, 11) is -0.174. The predicted molar refractivity (Wildman–Crippen MR) is 152 cm³/mol. The normalized spacial score (nSPS) is 14.2.